The Balaban J connectivity index is 3.23. The number of likely N-dealkylation sites (tertiary alicyclic amines) is 1. The number of hydrogen-bond acceptors (Lipinski definition) is 6. The third kappa shape index (κ3) is 9.77. The Hall–Kier alpha value is -2.00. The zero-order chi connectivity index (χ0) is 31.6. The molecular weight excluding hydrogens is 514 g/mol. The smallest absolute Gasteiger partial charge is 0.247 e. The Morgan fingerprint density at radius 3 is 2.17 bits per heavy atom. The van der Waals surface area contributed by atoms with Gasteiger partial charge in [0, 0.05) is 51.1 Å². The molecule has 9 heteroatoms. The van der Waals surface area contributed by atoms with Gasteiger partial charge in [-0.15, -0.1) is 0 Å². The largest absolute Gasteiger partial charge is 0.386 e. The van der Waals surface area contributed by atoms with Gasteiger partial charge in [0.15, 0.2) is 0 Å². The van der Waals surface area contributed by atoms with Crippen LogP contribution in [-0.4, -0.2) is 96.5 Å². The summed E-state index contributed by atoms with van der Waals surface area (Å²) in [4.78, 5) is 36.6. The van der Waals surface area contributed by atoms with Crippen LogP contribution in [0.5, 0.6) is 0 Å². The quantitative estimate of drug-likeness (QED) is 0.135. The van der Waals surface area contributed by atoms with Crippen molar-refractivity contribution >= 4 is 23.9 Å². The van der Waals surface area contributed by atoms with Crippen molar-refractivity contribution in [3.05, 3.63) is 0 Å². The Kier molecular flexibility index (Phi) is 15.5. The molecule has 0 aliphatic carbocycles. The molecule has 1 fully saturated rings. The van der Waals surface area contributed by atoms with E-state index in [1.54, 1.807) is 0 Å². The maximum atomic E-state index is 14.1. The molecule has 0 bridgehead atoms. The highest BCUT2D eigenvalue weighted by Crippen LogP contribution is 2.31. The van der Waals surface area contributed by atoms with Gasteiger partial charge in [0.05, 0.1) is 11.9 Å². The first kappa shape index (κ1) is 37.0. The molecule has 1 aliphatic rings. The van der Waals surface area contributed by atoms with Crippen LogP contribution >= 0.6 is 0 Å². The molecule has 0 aromatic rings. The third-order valence-electron chi connectivity index (χ3n) is 9.48. The number of aldehydes is 1. The third-order valence-corrected chi connectivity index (χ3v) is 9.48. The highest BCUT2D eigenvalue weighted by atomic mass is 16.2. The van der Waals surface area contributed by atoms with Crippen molar-refractivity contribution < 1.29 is 9.59 Å². The van der Waals surface area contributed by atoms with Gasteiger partial charge < -0.3 is 26.1 Å². The Bertz CT molecular complexity index is 861. The summed E-state index contributed by atoms with van der Waals surface area (Å²) in [6.07, 6.45) is 4.60. The zero-order valence-corrected chi connectivity index (χ0v) is 28.1. The number of carbonyl (C=O) groups is 2. The average molecular weight is 578 g/mol. The summed E-state index contributed by atoms with van der Waals surface area (Å²) in [5.41, 5.74) is 12.4. The SMILES string of the molecule is CC[C@H](C)[C@@H]([C@H](C)CC(=N)N1CCC[C@H]1[C@H](C)[C@@H](C)C=O)N(C)C(=O)[C@@H](N=C(N)[C@H](C(C)C)N(C)CCN)C(C)C. The molecule has 1 saturated heterocycles. The first-order chi connectivity index (χ1) is 19.1. The predicted molar refractivity (Wildman–Crippen MR) is 172 cm³/mol. The van der Waals surface area contributed by atoms with Crippen LogP contribution in [0.25, 0.3) is 0 Å². The van der Waals surface area contributed by atoms with E-state index in [0.29, 0.717) is 31.2 Å². The van der Waals surface area contributed by atoms with Crippen LogP contribution in [-0.2, 0) is 9.59 Å². The van der Waals surface area contributed by atoms with Crippen molar-refractivity contribution in [1.82, 2.24) is 14.7 Å². The number of aliphatic imine (C=N–C) groups is 1. The Labute approximate surface area is 251 Å². The number of amidine groups is 2. The van der Waals surface area contributed by atoms with Crippen LogP contribution in [0, 0.1) is 40.9 Å². The van der Waals surface area contributed by atoms with E-state index in [9.17, 15) is 9.59 Å². The highest BCUT2D eigenvalue weighted by Gasteiger charge is 2.38. The molecule has 1 aliphatic heterocycles. The van der Waals surface area contributed by atoms with Gasteiger partial charge in [0.25, 0.3) is 0 Å². The number of nitrogens with one attached hydrogen (secondary N) is 1. The molecule has 0 radical (unpaired) electrons. The van der Waals surface area contributed by atoms with Gasteiger partial charge in [-0.05, 0) is 49.5 Å². The normalized spacial score (nSPS) is 21.5. The van der Waals surface area contributed by atoms with Crippen LogP contribution < -0.4 is 11.5 Å². The van der Waals surface area contributed by atoms with Crippen molar-refractivity contribution in [2.24, 2.45) is 52.0 Å². The molecule has 238 valence electrons. The lowest BCUT2D eigenvalue weighted by Gasteiger charge is -2.40. The van der Waals surface area contributed by atoms with Gasteiger partial charge in [-0.3, -0.25) is 20.1 Å². The summed E-state index contributed by atoms with van der Waals surface area (Å²) in [5.74, 6) is 1.78. The average Bonchev–Trinajstić information content (AvgIpc) is 3.40. The van der Waals surface area contributed by atoms with Crippen molar-refractivity contribution in [2.45, 2.75) is 112 Å². The number of amides is 1. The summed E-state index contributed by atoms with van der Waals surface area (Å²) in [6.45, 7) is 21.0. The minimum Gasteiger partial charge on any atom is -0.386 e. The number of nitrogens with two attached hydrogens (primary N) is 2. The molecule has 1 rings (SSSR count). The van der Waals surface area contributed by atoms with Gasteiger partial charge in [-0.2, -0.15) is 0 Å². The van der Waals surface area contributed by atoms with E-state index in [1.807, 2.05) is 39.8 Å². The van der Waals surface area contributed by atoms with E-state index < -0.39 is 6.04 Å². The fourth-order valence-corrected chi connectivity index (χ4v) is 6.76. The second-order valence-electron chi connectivity index (χ2n) is 13.4. The van der Waals surface area contributed by atoms with Crippen LogP contribution in [0.2, 0.25) is 0 Å². The van der Waals surface area contributed by atoms with E-state index in [0.717, 1.165) is 32.1 Å². The van der Waals surface area contributed by atoms with Gasteiger partial charge in [-0.25, -0.2) is 0 Å². The fraction of sp³-hybridized carbons (Fsp3) is 0.875. The van der Waals surface area contributed by atoms with Crippen molar-refractivity contribution in [3.8, 4) is 0 Å². The first-order valence-electron chi connectivity index (χ1n) is 15.9. The fourth-order valence-electron chi connectivity index (χ4n) is 6.76. The van der Waals surface area contributed by atoms with Gasteiger partial charge >= 0.3 is 0 Å². The minimum atomic E-state index is -0.584. The summed E-state index contributed by atoms with van der Waals surface area (Å²) >= 11 is 0. The lowest BCUT2D eigenvalue weighted by atomic mass is 9.84. The number of rotatable bonds is 17. The summed E-state index contributed by atoms with van der Waals surface area (Å²) < 4.78 is 0. The topological polar surface area (TPSA) is 132 Å². The number of likely N-dealkylation sites (N-methyl/N-ethyl adjacent to an activating group) is 2. The molecule has 0 saturated carbocycles. The Morgan fingerprint density at radius 2 is 1.68 bits per heavy atom. The maximum absolute atomic E-state index is 14.1. The van der Waals surface area contributed by atoms with E-state index in [2.05, 4.69) is 51.3 Å². The van der Waals surface area contributed by atoms with Crippen LogP contribution in [0.1, 0.15) is 88.0 Å². The summed E-state index contributed by atoms with van der Waals surface area (Å²) in [7, 11) is 3.90. The van der Waals surface area contributed by atoms with E-state index in [-0.39, 0.29) is 59.5 Å². The summed E-state index contributed by atoms with van der Waals surface area (Å²) in [5, 5.41) is 9.07. The second kappa shape index (κ2) is 17.2. The molecule has 8 atom stereocenters. The van der Waals surface area contributed by atoms with Crippen molar-refractivity contribution in [1.29, 1.82) is 5.41 Å². The standard InChI is InChI=1S/C32H63N7O2/c1-12-22(6)30(23(7)18-27(34)39-16-13-14-26(39)25(9)24(8)19-40)38(11)32(41)28(20(2)3)36-31(35)29(21(4)5)37(10)17-15-33/h19-26,28-30,34H,12-18,33H2,1-11H3,(H2,35,36)/t22-,23+,24-,25+,26-,28-,29-,30-/m0/s1. The molecule has 0 spiro atoms. The molecule has 5 N–H and O–H groups in total. The molecule has 1 heterocycles. The monoisotopic (exact) mass is 578 g/mol. The van der Waals surface area contributed by atoms with Crippen LogP contribution in [0.15, 0.2) is 4.99 Å². The molecule has 0 unspecified atom stereocenters. The molecule has 0 aromatic carbocycles. The number of nitrogens with zero attached hydrogens (tertiary/aromatic N) is 4. The van der Waals surface area contributed by atoms with Gasteiger partial charge in [0.2, 0.25) is 5.91 Å². The number of hydrogen-bond donors (Lipinski definition) is 3. The zero-order valence-electron chi connectivity index (χ0n) is 28.1. The molecular formula is C32H63N7O2. The first-order valence-corrected chi connectivity index (χ1v) is 15.9. The maximum Gasteiger partial charge on any atom is 0.247 e. The molecule has 41 heavy (non-hydrogen) atoms. The van der Waals surface area contributed by atoms with E-state index >= 15 is 0 Å². The van der Waals surface area contributed by atoms with Gasteiger partial charge in [0.1, 0.15) is 18.2 Å². The van der Waals surface area contributed by atoms with Crippen LogP contribution in [0.4, 0.5) is 0 Å². The molecule has 9 nitrogen and oxygen atoms in total. The van der Waals surface area contributed by atoms with Crippen molar-refractivity contribution in [3.63, 3.8) is 0 Å². The number of carbonyl (C=O) groups excluding carboxylic acids is 2. The van der Waals surface area contributed by atoms with Gasteiger partial charge in [-0.1, -0.05) is 68.7 Å². The molecule has 0 aromatic heterocycles. The lowest BCUT2D eigenvalue weighted by molar-refractivity contribution is -0.136. The van der Waals surface area contributed by atoms with E-state index in [4.69, 9.17) is 21.9 Å². The van der Waals surface area contributed by atoms with Crippen molar-refractivity contribution in [2.75, 3.05) is 33.7 Å². The molecule has 1 amide bonds. The minimum absolute atomic E-state index is 0.0195. The highest BCUT2D eigenvalue weighted by molar-refractivity contribution is 5.91. The van der Waals surface area contributed by atoms with Crippen LogP contribution in [0.3, 0.4) is 0 Å². The predicted octanol–water partition coefficient (Wildman–Crippen LogP) is 4.10. The lowest BCUT2D eigenvalue weighted by Crippen LogP contribution is -2.52. The summed E-state index contributed by atoms with van der Waals surface area (Å²) in [6, 6.07) is -0.510. The second-order valence-corrected chi connectivity index (χ2v) is 13.4. The van der Waals surface area contributed by atoms with E-state index in [1.165, 1.54) is 0 Å². The Morgan fingerprint density at radius 1 is 1.07 bits per heavy atom.